The van der Waals surface area contributed by atoms with Crippen LogP contribution in [0, 0.1) is 5.92 Å². The van der Waals surface area contributed by atoms with Crippen molar-refractivity contribution in [3.63, 3.8) is 0 Å². The maximum Gasteiger partial charge on any atom is 0.223 e. The van der Waals surface area contributed by atoms with Crippen LogP contribution in [0.15, 0.2) is 30.3 Å². The van der Waals surface area contributed by atoms with Crippen LogP contribution in [0.1, 0.15) is 44.6 Å². The minimum Gasteiger partial charge on any atom is -0.379 e. The van der Waals surface area contributed by atoms with E-state index in [1.54, 1.807) is 0 Å². The first-order chi connectivity index (χ1) is 12.2. The Bertz CT molecular complexity index is 522. The molecule has 0 spiro atoms. The maximum absolute atomic E-state index is 13.1. The summed E-state index contributed by atoms with van der Waals surface area (Å²) in [6.07, 6.45) is 5.76. The van der Waals surface area contributed by atoms with Gasteiger partial charge in [-0.15, -0.1) is 0 Å². The van der Waals surface area contributed by atoms with E-state index in [0.717, 1.165) is 45.8 Å². The summed E-state index contributed by atoms with van der Waals surface area (Å²) in [5.41, 5.74) is 1.22. The molecule has 4 nitrogen and oxygen atoms in total. The number of amides is 1. The fourth-order valence-corrected chi connectivity index (χ4v) is 4.10. The molecule has 1 aromatic carbocycles. The van der Waals surface area contributed by atoms with Crippen molar-refractivity contribution in [1.29, 1.82) is 0 Å². The van der Waals surface area contributed by atoms with Gasteiger partial charge in [-0.05, 0) is 31.2 Å². The third-order valence-corrected chi connectivity index (χ3v) is 5.61. The molecule has 0 N–H and O–H groups in total. The summed E-state index contributed by atoms with van der Waals surface area (Å²) in [5, 5.41) is 0. The van der Waals surface area contributed by atoms with Gasteiger partial charge in [0.2, 0.25) is 5.91 Å². The summed E-state index contributed by atoms with van der Waals surface area (Å²) in [5.74, 6) is 0.929. The van der Waals surface area contributed by atoms with E-state index in [1.165, 1.54) is 31.2 Å². The Morgan fingerprint density at radius 1 is 1.20 bits per heavy atom. The third-order valence-electron chi connectivity index (χ3n) is 5.61. The molecule has 4 heteroatoms. The van der Waals surface area contributed by atoms with E-state index in [2.05, 4.69) is 41.0 Å². The molecule has 1 saturated carbocycles. The fraction of sp³-hybridized carbons (Fsp3) is 0.667. The Kier molecular flexibility index (Phi) is 6.88. The summed E-state index contributed by atoms with van der Waals surface area (Å²) in [4.78, 5) is 17.6. The zero-order chi connectivity index (χ0) is 17.5. The molecular weight excluding hydrogens is 312 g/mol. The second-order valence-corrected chi connectivity index (χ2v) is 7.62. The van der Waals surface area contributed by atoms with Gasteiger partial charge in [-0.1, -0.05) is 43.2 Å². The fourth-order valence-electron chi connectivity index (χ4n) is 4.10. The van der Waals surface area contributed by atoms with Crippen LogP contribution in [0.5, 0.6) is 0 Å². The number of nitrogens with zero attached hydrogens (tertiary/aromatic N) is 2. The lowest BCUT2D eigenvalue weighted by molar-refractivity contribution is -0.135. The third kappa shape index (κ3) is 5.55. The molecule has 1 amide bonds. The van der Waals surface area contributed by atoms with Crippen molar-refractivity contribution in [2.75, 3.05) is 32.8 Å². The predicted molar refractivity (Wildman–Crippen MR) is 100 cm³/mol. The van der Waals surface area contributed by atoms with Crippen LogP contribution in [0.25, 0.3) is 0 Å². The first-order valence-electron chi connectivity index (χ1n) is 9.86. The van der Waals surface area contributed by atoms with Gasteiger partial charge in [-0.25, -0.2) is 0 Å². The van der Waals surface area contributed by atoms with Crippen molar-refractivity contribution in [3.05, 3.63) is 35.9 Å². The van der Waals surface area contributed by atoms with Gasteiger partial charge in [0.1, 0.15) is 0 Å². The van der Waals surface area contributed by atoms with E-state index >= 15 is 0 Å². The number of morpholine rings is 1. The number of benzene rings is 1. The Labute approximate surface area is 152 Å². The van der Waals surface area contributed by atoms with Gasteiger partial charge in [0.05, 0.1) is 13.2 Å². The summed E-state index contributed by atoms with van der Waals surface area (Å²) < 4.78 is 5.45. The van der Waals surface area contributed by atoms with Crippen molar-refractivity contribution in [3.8, 4) is 0 Å². The minimum atomic E-state index is 0.229. The molecule has 1 atom stereocenters. The zero-order valence-corrected chi connectivity index (χ0v) is 15.5. The average molecular weight is 344 g/mol. The molecule has 1 aromatic rings. The van der Waals surface area contributed by atoms with E-state index < -0.39 is 0 Å². The normalized spacial score (nSPS) is 20.5. The van der Waals surface area contributed by atoms with E-state index in [4.69, 9.17) is 4.74 Å². The van der Waals surface area contributed by atoms with Crippen LogP contribution in [0.4, 0.5) is 0 Å². The van der Waals surface area contributed by atoms with Crippen molar-refractivity contribution < 1.29 is 9.53 Å². The average Bonchev–Trinajstić information content (AvgIpc) is 3.14. The minimum absolute atomic E-state index is 0.229. The van der Waals surface area contributed by atoms with Crippen molar-refractivity contribution in [2.45, 2.75) is 51.6 Å². The number of ether oxygens (including phenoxy) is 1. The quantitative estimate of drug-likeness (QED) is 0.761. The van der Waals surface area contributed by atoms with Gasteiger partial charge in [-0.2, -0.15) is 0 Å². The molecule has 2 fully saturated rings. The molecule has 1 heterocycles. The van der Waals surface area contributed by atoms with Gasteiger partial charge in [0.15, 0.2) is 0 Å². The molecule has 138 valence electrons. The maximum atomic E-state index is 13.1. The summed E-state index contributed by atoms with van der Waals surface area (Å²) in [6, 6.07) is 10.6. The second-order valence-electron chi connectivity index (χ2n) is 7.62. The van der Waals surface area contributed by atoms with Crippen LogP contribution >= 0.6 is 0 Å². The molecule has 2 aliphatic rings. The standard InChI is InChI=1S/C21H32N2O2/c1-18(16-22-11-13-25-14-12-22)23(17-20-9-3-2-4-10-20)21(24)15-19-7-5-6-8-19/h2-4,9-10,18-19H,5-8,11-17H2,1H3. The van der Waals surface area contributed by atoms with E-state index in [-0.39, 0.29) is 6.04 Å². The summed E-state index contributed by atoms with van der Waals surface area (Å²) in [6.45, 7) is 7.42. The molecule has 0 radical (unpaired) electrons. The monoisotopic (exact) mass is 344 g/mol. The zero-order valence-electron chi connectivity index (χ0n) is 15.5. The number of carbonyl (C=O) groups is 1. The lowest BCUT2D eigenvalue weighted by Gasteiger charge is -2.35. The Morgan fingerprint density at radius 2 is 1.88 bits per heavy atom. The summed E-state index contributed by atoms with van der Waals surface area (Å²) in [7, 11) is 0. The first kappa shape index (κ1) is 18.4. The Balaban J connectivity index is 1.64. The number of rotatable bonds is 7. The highest BCUT2D eigenvalue weighted by Crippen LogP contribution is 2.28. The molecule has 1 saturated heterocycles. The van der Waals surface area contributed by atoms with E-state index in [0.29, 0.717) is 11.8 Å². The molecule has 0 aromatic heterocycles. The molecule has 25 heavy (non-hydrogen) atoms. The highest BCUT2D eigenvalue weighted by molar-refractivity contribution is 5.76. The lowest BCUT2D eigenvalue weighted by atomic mass is 10.0. The van der Waals surface area contributed by atoms with Gasteiger partial charge in [-0.3, -0.25) is 9.69 Å². The van der Waals surface area contributed by atoms with Crippen LogP contribution in [-0.4, -0.2) is 54.6 Å². The van der Waals surface area contributed by atoms with Gasteiger partial charge >= 0.3 is 0 Å². The highest BCUT2D eigenvalue weighted by Gasteiger charge is 2.26. The SMILES string of the molecule is CC(CN1CCOCC1)N(Cc1ccccc1)C(=O)CC1CCCC1. The number of hydrogen-bond donors (Lipinski definition) is 0. The smallest absolute Gasteiger partial charge is 0.223 e. The lowest BCUT2D eigenvalue weighted by Crippen LogP contribution is -2.48. The Morgan fingerprint density at radius 3 is 2.56 bits per heavy atom. The van der Waals surface area contributed by atoms with Crippen molar-refractivity contribution in [2.24, 2.45) is 5.92 Å². The molecular formula is C21H32N2O2. The van der Waals surface area contributed by atoms with Gasteiger partial charge < -0.3 is 9.64 Å². The topological polar surface area (TPSA) is 32.8 Å². The Hall–Kier alpha value is -1.39. The van der Waals surface area contributed by atoms with Crippen molar-refractivity contribution in [1.82, 2.24) is 9.80 Å². The molecule has 0 bridgehead atoms. The van der Waals surface area contributed by atoms with Crippen LogP contribution in [0.2, 0.25) is 0 Å². The molecule has 1 aliphatic heterocycles. The first-order valence-corrected chi connectivity index (χ1v) is 9.86. The highest BCUT2D eigenvalue weighted by atomic mass is 16.5. The van der Waals surface area contributed by atoms with Crippen LogP contribution < -0.4 is 0 Å². The van der Waals surface area contributed by atoms with Crippen LogP contribution in [0.3, 0.4) is 0 Å². The largest absolute Gasteiger partial charge is 0.379 e. The summed E-state index contributed by atoms with van der Waals surface area (Å²) >= 11 is 0. The number of carbonyl (C=O) groups excluding carboxylic acids is 1. The molecule has 3 rings (SSSR count). The van der Waals surface area contributed by atoms with Crippen LogP contribution in [-0.2, 0) is 16.1 Å². The second kappa shape index (κ2) is 9.35. The molecule has 1 unspecified atom stereocenters. The molecule has 1 aliphatic carbocycles. The van der Waals surface area contributed by atoms with Crippen molar-refractivity contribution >= 4 is 5.91 Å². The van der Waals surface area contributed by atoms with E-state index in [9.17, 15) is 4.79 Å². The number of hydrogen-bond acceptors (Lipinski definition) is 3. The van der Waals surface area contributed by atoms with Gasteiger partial charge in [0.25, 0.3) is 0 Å². The van der Waals surface area contributed by atoms with Gasteiger partial charge in [0, 0.05) is 38.6 Å². The van der Waals surface area contributed by atoms with E-state index in [1.807, 2.05) is 6.07 Å². The predicted octanol–water partition coefficient (Wildman–Crippen LogP) is 3.32.